The molecule has 0 unspecified atom stereocenters. The number of thioether (sulfide) groups is 2. The van der Waals surface area contributed by atoms with Gasteiger partial charge >= 0.3 is 0 Å². The molecule has 2 aromatic rings. The number of hydrazine groups is 1. The Kier molecular flexibility index (Phi) is 8.40. The van der Waals surface area contributed by atoms with Gasteiger partial charge in [0, 0.05) is 33.5 Å². The summed E-state index contributed by atoms with van der Waals surface area (Å²) in [5, 5.41) is 1.55. The van der Waals surface area contributed by atoms with Crippen molar-refractivity contribution in [1.82, 2.24) is 5.01 Å². The van der Waals surface area contributed by atoms with Gasteiger partial charge in [0.1, 0.15) is 5.84 Å². The number of nitrogens with two attached hydrogens (primary N) is 1. The predicted molar refractivity (Wildman–Crippen MR) is 131 cm³/mol. The van der Waals surface area contributed by atoms with E-state index >= 15 is 0 Å². The standard InChI is InChI=1S/C23H29FN4OS2/c1-5-28(25)22-14-26-23(16-10-9-15(30-7-3)11-21(16)31-8-4)17-12-20(29-6-2)18(24)13-19(17)27-22/h9-13H,5-8,14,25H2,1-4H3. The molecule has 166 valence electrons. The van der Waals surface area contributed by atoms with E-state index in [0.29, 0.717) is 31.2 Å². The average molecular weight is 461 g/mol. The summed E-state index contributed by atoms with van der Waals surface area (Å²) in [6.07, 6.45) is 0. The van der Waals surface area contributed by atoms with Crippen LogP contribution in [0.2, 0.25) is 0 Å². The summed E-state index contributed by atoms with van der Waals surface area (Å²) in [4.78, 5) is 11.9. The number of ether oxygens (including phenoxy) is 1. The summed E-state index contributed by atoms with van der Waals surface area (Å²) in [6, 6.07) is 9.56. The second-order valence-electron chi connectivity index (χ2n) is 6.74. The van der Waals surface area contributed by atoms with Gasteiger partial charge in [-0.25, -0.2) is 15.2 Å². The van der Waals surface area contributed by atoms with Gasteiger partial charge in [-0.3, -0.25) is 10.0 Å². The van der Waals surface area contributed by atoms with Gasteiger partial charge in [-0.1, -0.05) is 19.9 Å². The number of halogens is 1. The number of likely N-dealkylation sites (N-methyl/N-ethyl adjacent to an activating group) is 1. The largest absolute Gasteiger partial charge is 0.491 e. The van der Waals surface area contributed by atoms with Crippen LogP contribution in [0.3, 0.4) is 0 Å². The lowest BCUT2D eigenvalue weighted by molar-refractivity contribution is 0.321. The maximum absolute atomic E-state index is 14.7. The highest BCUT2D eigenvalue weighted by Crippen LogP contribution is 2.36. The Morgan fingerprint density at radius 2 is 1.84 bits per heavy atom. The zero-order valence-corrected chi connectivity index (χ0v) is 20.1. The quantitative estimate of drug-likeness (QED) is 0.319. The van der Waals surface area contributed by atoms with E-state index in [4.69, 9.17) is 15.6 Å². The number of fused-ring (bicyclic) bond motifs is 1. The minimum absolute atomic E-state index is 0.204. The number of rotatable bonds is 8. The van der Waals surface area contributed by atoms with E-state index in [1.165, 1.54) is 11.0 Å². The highest BCUT2D eigenvalue weighted by Gasteiger charge is 2.23. The molecular formula is C23H29FN4OS2. The maximum atomic E-state index is 14.7. The first-order chi connectivity index (χ1) is 15.0. The van der Waals surface area contributed by atoms with Gasteiger partial charge in [-0.2, -0.15) is 0 Å². The molecule has 0 saturated heterocycles. The summed E-state index contributed by atoms with van der Waals surface area (Å²) in [6.45, 7) is 9.34. The van der Waals surface area contributed by atoms with Crippen LogP contribution in [0.15, 0.2) is 50.1 Å². The van der Waals surface area contributed by atoms with Crippen molar-refractivity contribution in [2.75, 3.05) is 31.2 Å². The van der Waals surface area contributed by atoms with Crippen molar-refractivity contribution in [3.05, 3.63) is 47.3 Å². The second-order valence-corrected chi connectivity index (χ2v) is 9.38. The van der Waals surface area contributed by atoms with Crippen LogP contribution in [0.5, 0.6) is 5.75 Å². The van der Waals surface area contributed by atoms with Crippen molar-refractivity contribution in [3.63, 3.8) is 0 Å². The molecule has 31 heavy (non-hydrogen) atoms. The van der Waals surface area contributed by atoms with E-state index in [9.17, 15) is 4.39 Å². The fraction of sp³-hybridized carbons (Fsp3) is 0.391. The van der Waals surface area contributed by atoms with Gasteiger partial charge in [0.05, 0.1) is 24.6 Å². The summed E-state index contributed by atoms with van der Waals surface area (Å²) in [7, 11) is 0. The molecule has 0 aliphatic carbocycles. The monoisotopic (exact) mass is 460 g/mol. The van der Waals surface area contributed by atoms with Gasteiger partial charge in [-0.15, -0.1) is 23.5 Å². The van der Waals surface area contributed by atoms with Crippen LogP contribution in [-0.4, -0.2) is 47.8 Å². The van der Waals surface area contributed by atoms with Gasteiger partial charge < -0.3 is 4.74 Å². The average Bonchev–Trinajstić information content (AvgIpc) is 2.94. The van der Waals surface area contributed by atoms with Gasteiger partial charge in [0.2, 0.25) is 0 Å². The first-order valence-electron chi connectivity index (χ1n) is 10.5. The molecule has 1 aliphatic rings. The van der Waals surface area contributed by atoms with E-state index < -0.39 is 5.82 Å². The lowest BCUT2D eigenvalue weighted by Crippen LogP contribution is -2.38. The molecule has 1 heterocycles. The highest BCUT2D eigenvalue weighted by molar-refractivity contribution is 8.00. The highest BCUT2D eigenvalue weighted by atomic mass is 32.2. The fourth-order valence-electron chi connectivity index (χ4n) is 3.30. The molecule has 0 fully saturated rings. The molecule has 0 radical (unpaired) electrons. The summed E-state index contributed by atoms with van der Waals surface area (Å²) in [5.41, 5.74) is 3.05. The molecule has 0 saturated carbocycles. The van der Waals surface area contributed by atoms with E-state index in [1.54, 1.807) is 22.8 Å². The molecule has 8 heteroatoms. The van der Waals surface area contributed by atoms with Crippen LogP contribution in [0.4, 0.5) is 10.1 Å². The molecule has 5 nitrogen and oxygen atoms in total. The van der Waals surface area contributed by atoms with Crippen LogP contribution >= 0.6 is 23.5 Å². The van der Waals surface area contributed by atoms with Crippen LogP contribution in [0.25, 0.3) is 0 Å². The zero-order chi connectivity index (χ0) is 22.4. The number of nitrogens with zero attached hydrogens (tertiary/aromatic N) is 3. The molecule has 0 bridgehead atoms. The topological polar surface area (TPSA) is 63.2 Å². The number of amidine groups is 1. The lowest BCUT2D eigenvalue weighted by Gasteiger charge is -2.16. The zero-order valence-electron chi connectivity index (χ0n) is 18.4. The van der Waals surface area contributed by atoms with E-state index in [-0.39, 0.29) is 5.75 Å². The Bertz CT molecular complexity index is 994. The summed E-state index contributed by atoms with van der Waals surface area (Å²) < 4.78 is 20.2. The number of hydrogen-bond donors (Lipinski definition) is 1. The second kappa shape index (κ2) is 11.0. The van der Waals surface area contributed by atoms with Gasteiger partial charge in [0.25, 0.3) is 0 Å². The van der Waals surface area contributed by atoms with Crippen LogP contribution in [-0.2, 0) is 0 Å². The smallest absolute Gasteiger partial charge is 0.167 e. The molecule has 0 atom stereocenters. The Hall–Kier alpha value is -2.03. The summed E-state index contributed by atoms with van der Waals surface area (Å²) in [5.74, 6) is 8.43. The fourth-order valence-corrected chi connectivity index (χ4v) is 4.91. The van der Waals surface area contributed by atoms with Crippen molar-refractivity contribution in [2.24, 2.45) is 15.8 Å². The molecular weight excluding hydrogens is 431 g/mol. The summed E-state index contributed by atoms with van der Waals surface area (Å²) >= 11 is 3.58. The minimum Gasteiger partial charge on any atom is -0.491 e. The van der Waals surface area contributed by atoms with Crippen LogP contribution in [0.1, 0.15) is 38.8 Å². The molecule has 0 amide bonds. The number of benzene rings is 2. The number of hydrogen-bond acceptors (Lipinski definition) is 7. The molecule has 0 spiro atoms. The molecule has 3 rings (SSSR count). The Morgan fingerprint density at radius 1 is 1.06 bits per heavy atom. The van der Waals surface area contributed by atoms with Crippen molar-refractivity contribution >= 4 is 40.8 Å². The predicted octanol–water partition coefficient (Wildman–Crippen LogP) is 5.53. The normalized spacial score (nSPS) is 13.2. The number of aliphatic imine (C=N–C) groups is 2. The lowest BCUT2D eigenvalue weighted by atomic mass is 10.00. The first-order valence-corrected chi connectivity index (χ1v) is 12.5. The molecule has 0 aromatic heterocycles. The maximum Gasteiger partial charge on any atom is 0.167 e. The van der Waals surface area contributed by atoms with E-state index in [1.807, 2.05) is 25.6 Å². The Labute approximate surface area is 192 Å². The van der Waals surface area contributed by atoms with E-state index in [0.717, 1.165) is 33.2 Å². The SMILES string of the molecule is CCOc1cc2c(cc1F)N=C(N(N)CC)CN=C2c1ccc(SCC)cc1SCC. The third-order valence-corrected chi connectivity index (χ3v) is 6.54. The third-order valence-electron chi connectivity index (χ3n) is 4.72. The molecule has 1 aliphatic heterocycles. The van der Waals surface area contributed by atoms with Crippen molar-refractivity contribution in [3.8, 4) is 5.75 Å². The van der Waals surface area contributed by atoms with Gasteiger partial charge in [0.15, 0.2) is 11.6 Å². The van der Waals surface area contributed by atoms with Crippen LogP contribution in [0, 0.1) is 5.82 Å². The molecule has 2 N–H and O–H groups in total. The van der Waals surface area contributed by atoms with Crippen molar-refractivity contribution < 1.29 is 9.13 Å². The Balaban J connectivity index is 2.20. The first kappa shape index (κ1) is 23.6. The van der Waals surface area contributed by atoms with Crippen molar-refractivity contribution in [2.45, 2.75) is 37.5 Å². The third kappa shape index (κ3) is 5.42. The minimum atomic E-state index is -0.442. The van der Waals surface area contributed by atoms with Crippen molar-refractivity contribution in [1.29, 1.82) is 0 Å². The van der Waals surface area contributed by atoms with E-state index in [2.05, 4.69) is 37.0 Å². The van der Waals surface area contributed by atoms with Gasteiger partial charge in [-0.05, 0) is 43.6 Å². The molecule has 2 aromatic carbocycles. The Morgan fingerprint density at radius 3 is 2.52 bits per heavy atom. The van der Waals surface area contributed by atoms with Crippen LogP contribution < -0.4 is 10.6 Å².